The van der Waals surface area contributed by atoms with Gasteiger partial charge in [0.1, 0.15) is 18.2 Å². The molecule has 0 unspecified atom stereocenters. The molecule has 0 aliphatic heterocycles. The normalized spacial score (nSPS) is 12.0. The summed E-state index contributed by atoms with van der Waals surface area (Å²) in [5.41, 5.74) is -0.657. The van der Waals surface area contributed by atoms with E-state index in [1.54, 1.807) is 20.8 Å². The zero-order chi connectivity index (χ0) is 18.0. The summed E-state index contributed by atoms with van der Waals surface area (Å²) in [6.07, 6.45) is 0. The van der Waals surface area contributed by atoms with E-state index in [4.69, 9.17) is 4.74 Å². The second-order valence-corrected chi connectivity index (χ2v) is 6.33. The smallest absolute Gasteiger partial charge is 0.367 e. The molecule has 0 heterocycles. The number of thioether (sulfide) groups is 1. The van der Waals surface area contributed by atoms with Crippen molar-refractivity contribution in [3.05, 3.63) is 10.1 Å². The number of hydrogen-bond acceptors (Lipinski definition) is 8. The second kappa shape index (κ2) is 9.87. The molecule has 2 amide bonds. The molecule has 0 bridgehead atoms. The lowest BCUT2D eigenvalue weighted by atomic mass is 10.2. The predicted molar refractivity (Wildman–Crippen MR) is 82.3 cm³/mol. The van der Waals surface area contributed by atoms with Gasteiger partial charge in [-0.2, -0.15) is 0 Å². The highest BCUT2D eigenvalue weighted by atomic mass is 32.2. The van der Waals surface area contributed by atoms with Crippen LogP contribution in [0.4, 0.5) is 4.79 Å². The van der Waals surface area contributed by atoms with Crippen LogP contribution in [0.3, 0.4) is 0 Å². The van der Waals surface area contributed by atoms with Gasteiger partial charge in [0.2, 0.25) is 11.8 Å². The quantitative estimate of drug-likeness (QED) is 0.279. The van der Waals surface area contributed by atoms with E-state index >= 15 is 0 Å². The third-order valence-electron chi connectivity index (χ3n) is 2.05. The minimum Gasteiger partial charge on any atom is -0.452 e. The number of hydrogen-bond donors (Lipinski definition) is 2. The monoisotopic (exact) mass is 351 g/mol. The fraction of sp³-hybridized carbons (Fsp3) is 0.750. The van der Waals surface area contributed by atoms with Crippen LogP contribution >= 0.6 is 11.8 Å². The van der Waals surface area contributed by atoms with Crippen LogP contribution in [0.5, 0.6) is 0 Å². The molecule has 10 nitrogen and oxygen atoms in total. The van der Waals surface area contributed by atoms with E-state index in [1.165, 1.54) is 6.92 Å². The lowest BCUT2D eigenvalue weighted by molar-refractivity contribution is -0.757. The Balaban J connectivity index is 4.39. The van der Waals surface area contributed by atoms with Crippen LogP contribution in [0.1, 0.15) is 27.7 Å². The summed E-state index contributed by atoms with van der Waals surface area (Å²) in [5, 5.41) is 13.2. The van der Waals surface area contributed by atoms with Gasteiger partial charge in [-0.3, -0.25) is 9.59 Å². The number of amides is 2. The molecule has 23 heavy (non-hydrogen) atoms. The van der Waals surface area contributed by atoms with Crippen molar-refractivity contribution in [1.82, 2.24) is 10.6 Å². The molecule has 1 atom stereocenters. The lowest BCUT2D eigenvalue weighted by Crippen LogP contribution is -2.48. The Hall–Kier alpha value is -2.04. The zero-order valence-corrected chi connectivity index (χ0v) is 14.2. The van der Waals surface area contributed by atoms with Gasteiger partial charge in [0.05, 0.1) is 0 Å². The lowest BCUT2D eigenvalue weighted by Gasteiger charge is -2.20. The molecule has 0 saturated heterocycles. The molecule has 0 aliphatic rings. The highest BCUT2D eigenvalue weighted by Crippen LogP contribution is 2.15. The van der Waals surface area contributed by atoms with Gasteiger partial charge in [0.25, 0.3) is 5.09 Å². The molecule has 2 N–H and O–H groups in total. The maximum absolute atomic E-state index is 11.9. The van der Waals surface area contributed by atoms with Crippen LogP contribution in [0, 0.1) is 10.1 Å². The molecule has 132 valence electrons. The van der Waals surface area contributed by atoms with Gasteiger partial charge in [0, 0.05) is 19.2 Å². The topological polar surface area (TPSA) is 137 Å². The summed E-state index contributed by atoms with van der Waals surface area (Å²) in [5.74, 6) is -1.06. The third-order valence-corrected chi connectivity index (χ3v) is 2.87. The number of carbonyl (C=O) groups is 3. The van der Waals surface area contributed by atoms with Crippen molar-refractivity contribution in [2.24, 2.45) is 0 Å². The molecule has 0 saturated carbocycles. The molecule has 0 aliphatic carbocycles. The summed E-state index contributed by atoms with van der Waals surface area (Å²) >= 11 is 0.750. The highest BCUT2D eigenvalue weighted by molar-refractivity contribution is 8.13. The van der Waals surface area contributed by atoms with Gasteiger partial charge in [-0.05, 0) is 32.5 Å². The van der Waals surface area contributed by atoms with E-state index in [0.29, 0.717) is 0 Å². The number of rotatable bonds is 8. The van der Waals surface area contributed by atoms with E-state index in [2.05, 4.69) is 15.5 Å². The fourth-order valence-corrected chi connectivity index (χ4v) is 2.12. The third kappa shape index (κ3) is 12.2. The zero-order valence-electron chi connectivity index (χ0n) is 13.4. The summed E-state index contributed by atoms with van der Waals surface area (Å²) < 4.78 is 5.08. The number of nitrogens with zero attached hydrogens (tertiary/aromatic N) is 1. The molecular formula is C12H21N3O7S. The average molecular weight is 351 g/mol. The van der Waals surface area contributed by atoms with Gasteiger partial charge in [0.15, 0.2) is 0 Å². The van der Waals surface area contributed by atoms with E-state index in [9.17, 15) is 24.5 Å². The number of ether oxygens (including phenoxy) is 1. The standard InChI is InChI=1S/C12H21N3O7S/c1-8(16)14-9(7-23-11(18)22-12(2,3)4)10(17)13-5-6-21-15(19)20/h9H,5-7H2,1-4H3,(H,13,17)(H,14,16)/t9-/m0/s1. The van der Waals surface area contributed by atoms with Gasteiger partial charge in [-0.1, -0.05) is 0 Å². The van der Waals surface area contributed by atoms with Crippen LogP contribution in [0.25, 0.3) is 0 Å². The van der Waals surface area contributed by atoms with Crippen molar-refractivity contribution < 1.29 is 29.0 Å². The summed E-state index contributed by atoms with van der Waals surface area (Å²) in [4.78, 5) is 48.7. The molecule has 0 aromatic carbocycles. The Labute approximate surface area is 137 Å². The molecular weight excluding hydrogens is 330 g/mol. The summed E-state index contributed by atoms with van der Waals surface area (Å²) in [6.45, 7) is 5.93. The number of carbonyl (C=O) groups excluding carboxylic acids is 3. The van der Waals surface area contributed by atoms with Crippen LogP contribution in [0.15, 0.2) is 0 Å². The first-order valence-electron chi connectivity index (χ1n) is 6.69. The first-order valence-corrected chi connectivity index (χ1v) is 7.67. The van der Waals surface area contributed by atoms with E-state index in [0.717, 1.165) is 11.8 Å². The van der Waals surface area contributed by atoms with E-state index in [1.807, 2.05) is 0 Å². The van der Waals surface area contributed by atoms with E-state index in [-0.39, 0.29) is 18.9 Å². The molecule has 0 aromatic rings. The second-order valence-electron chi connectivity index (χ2n) is 5.38. The Kier molecular flexibility index (Phi) is 9.00. The number of nitrogens with one attached hydrogen (secondary N) is 2. The summed E-state index contributed by atoms with van der Waals surface area (Å²) in [6, 6.07) is -0.972. The fourth-order valence-electron chi connectivity index (χ4n) is 1.28. The first-order chi connectivity index (χ1) is 10.5. The van der Waals surface area contributed by atoms with Crippen molar-refractivity contribution in [3.8, 4) is 0 Å². The summed E-state index contributed by atoms with van der Waals surface area (Å²) in [7, 11) is 0. The van der Waals surface area contributed by atoms with Crippen LogP contribution in [-0.2, 0) is 19.2 Å². The average Bonchev–Trinajstić information content (AvgIpc) is 2.36. The van der Waals surface area contributed by atoms with E-state index < -0.39 is 33.8 Å². The Morgan fingerprint density at radius 2 is 1.91 bits per heavy atom. The van der Waals surface area contributed by atoms with Crippen LogP contribution < -0.4 is 10.6 Å². The van der Waals surface area contributed by atoms with Gasteiger partial charge >= 0.3 is 5.30 Å². The van der Waals surface area contributed by atoms with Crippen molar-refractivity contribution in [2.75, 3.05) is 18.9 Å². The molecule has 11 heteroatoms. The molecule has 0 rings (SSSR count). The van der Waals surface area contributed by atoms with Gasteiger partial charge in [-0.15, -0.1) is 10.1 Å². The van der Waals surface area contributed by atoms with Crippen molar-refractivity contribution in [1.29, 1.82) is 0 Å². The molecule has 0 spiro atoms. The molecule has 0 radical (unpaired) electrons. The maximum Gasteiger partial charge on any atom is 0.367 e. The Bertz CT molecular complexity index is 450. The van der Waals surface area contributed by atoms with Crippen molar-refractivity contribution in [3.63, 3.8) is 0 Å². The van der Waals surface area contributed by atoms with Crippen LogP contribution in [0.2, 0.25) is 0 Å². The predicted octanol–water partition coefficient (Wildman–Crippen LogP) is 0.484. The highest BCUT2D eigenvalue weighted by Gasteiger charge is 2.23. The first kappa shape index (κ1) is 21.0. The molecule has 0 fully saturated rings. The van der Waals surface area contributed by atoms with Crippen molar-refractivity contribution in [2.45, 2.75) is 39.3 Å². The Morgan fingerprint density at radius 1 is 1.30 bits per heavy atom. The minimum atomic E-state index is -0.976. The Morgan fingerprint density at radius 3 is 2.39 bits per heavy atom. The van der Waals surface area contributed by atoms with Gasteiger partial charge < -0.3 is 20.2 Å². The largest absolute Gasteiger partial charge is 0.452 e. The maximum atomic E-state index is 11.9. The van der Waals surface area contributed by atoms with Gasteiger partial charge in [-0.25, -0.2) is 4.79 Å². The molecule has 0 aromatic heterocycles. The van der Waals surface area contributed by atoms with Crippen molar-refractivity contribution >= 4 is 28.9 Å². The minimum absolute atomic E-state index is 0.0313. The van der Waals surface area contributed by atoms with Crippen LogP contribution in [-0.4, -0.2) is 52.7 Å². The SMILES string of the molecule is CC(=O)N[C@@H](CSC(=O)OC(C)(C)C)C(=O)NCCO[N+](=O)[O-].